The highest BCUT2D eigenvalue weighted by atomic mass is 16.6. The van der Waals surface area contributed by atoms with Gasteiger partial charge in [0.15, 0.2) is 6.23 Å². The minimum Gasteiger partial charge on any atom is -0.495 e. The van der Waals surface area contributed by atoms with Gasteiger partial charge in [-0.15, -0.1) is 0 Å². The number of benzene rings is 2. The highest BCUT2D eigenvalue weighted by Gasteiger charge is 2.46. The summed E-state index contributed by atoms with van der Waals surface area (Å²) in [5.74, 6) is -1.77. The standard InChI is InChI=1S/C42H47N7O11/c1-7-17-59-41(55)48-23(3)28-11-9-15-46(28)38(52)24-19-34(57-5)26(21-32(24)48)43-36(50)29-13-14-30(45(29)4)37(51)44-27-22-33-25(20-35(27)58-6)39(53)47-16-10-12-31(47)40(54)49(33)42(56)60-18-8-2/h7-8,13-14,19-23,28,31,40,54H,1-2,9-12,15-18H2,3-6H3,(H,43,50)(H,44,51)/t23-,28-,31-,40-/m0/s1. The van der Waals surface area contributed by atoms with Crippen LogP contribution in [0, 0.1) is 0 Å². The molecule has 0 aliphatic carbocycles. The molecule has 3 aromatic rings. The molecule has 0 spiro atoms. The second-order valence-corrected chi connectivity index (χ2v) is 14.8. The Hall–Kier alpha value is -6.82. The SMILES string of the molecule is C=CCOC(=O)N1c2cc(NC(=O)c3ccc(C(=O)Nc4cc5c(cc4OC)C(=O)N4CCC[C@H]4[C@H](O)N5C(=O)OCC=C)n3C)c(OC)cc2C(=O)N2CCC[C@H]2[C@@H]1C. The second-order valence-electron chi connectivity index (χ2n) is 14.8. The molecular weight excluding hydrogens is 778 g/mol. The summed E-state index contributed by atoms with van der Waals surface area (Å²) >= 11 is 0. The lowest BCUT2D eigenvalue weighted by Gasteiger charge is -2.33. The van der Waals surface area contributed by atoms with Gasteiger partial charge in [0, 0.05) is 20.1 Å². The number of methoxy groups -OCH3 is 2. The zero-order chi connectivity index (χ0) is 43.0. The Morgan fingerprint density at radius 3 is 1.68 bits per heavy atom. The Kier molecular flexibility index (Phi) is 11.6. The van der Waals surface area contributed by atoms with Crippen molar-refractivity contribution in [2.45, 2.75) is 57.0 Å². The number of ether oxygens (including phenoxy) is 4. The molecule has 0 saturated carbocycles. The smallest absolute Gasteiger partial charge is 0.416 e. The van der Waals surface area contributed by atoms with Crippen molar-refractivity contribution < 1.29 is 52.8 Å². The summed E-state index contributed by atoms with van der Waals surface area (Å²) in [5, 5.41) is 17.0. The molecule has 2 fully saturated rings. The molecule has 3 N–H and O–H groups in total. The molecule has 18 heteroatoms. The molecule has 316 valence electrons. The average Bonchev–Trinajstić information content (AvgIpc) is 4.00. The summed E-state index contributed by atoms with van der Waals surface area (Å²) in [5.41, 5.74) is 0.815. The van der Waals surface area contributed by atoms with Crippen LogP contribution in [0.1, 0.15) is 74.3 Å². The van der Waals surface area contributed by atoms with Gasteiger partial charge in [0.1, 0.15) is 36.1 Å². The van der Waals surface area contributed by atoms with E-state index >= 15 is 0 Å². The van der Waals surface area contributed by atoms with E-state index in [0.29, 0.717) is 32.4 Å². The summed E-state index contributed by atoms with van der Waals surface area (Å²) in [4.78, 5) is 88.1. The van der Waals surface area contributed by atoms with Crippen molar-refractivity contribution in [2.75, 3.05) is 61.0 Å². The lowest BCUT2D eigenvalue weighted by molar-refractivity contribution is 0.0496. The average molecular weight is 826 g/mol. The molecule has 60 heavy (non-hydrogen) atoms. The van der Waals surface area contributed by atoms with Crippen molar-refractivity contribution in [2.24, 2.45) is 7.05 Å². The lowest BCUT2D eigenvalue weighted by atomic mass is 10.1. The first-order valence-electron chi connectivity index (χ1n) is 19.5. The Morgan fingerprint density at radius 2 is 1.20 bits per heavy atom. The molecule has 0 radical (unpaired) electrons. The number of hydrogen-bond acceptors (Lipinski definition) is 11. The van der Waals surface area contributed by atoms with Gasteiger partial charge in [-0.25, -0.2) is 14.5 Å². The van der Waals surface area contributed by atoms with Gasteiger partial charge >= 0.3 is 12.2 Å². The minimum absolute atomic E-state index is 0.00210. The number of hydrogen-bond donors (Lipinski definition) is 3. The number of amides is 6. The lowest BCUT2D eigenvalue weighted by Crippen LogP contribution is -2.50. The van der Waals surface area contributed by atoms with E-state index in [9.17, 15) is 33.9 Å². The van der Waals surface area contributed by atoms with Crippen LogP contribution in [-0.4, -0.2) is 120 Å². The Morgan fingerprint density at radius 1 is 0.750 bits per heavy atom. The molecule has 2 aromatic carbocycles. The van der Waals surface area contributed by atoms with Crippen LogP contribution >= 0.6 is 0 Å². The van der Waals surface area contributed by atoms with Crippen molar-refractivity contribution in [3.05, 3.63) is 84.2 Å². The number of aliphatic hydroxyl groups excluding tert-OH is 1. The summed E-state index contributed by atoms with van der Waals surface area (Å²) in [6, 6.07) is 7.20. The minimum atomic E-state index is -1.45. The van der Waals surface area contributed by atoms with Crippen molar-refractivity contribution >= 4 is 58.6 Å². The summed E-state index contributed by atoms with van der Waals surface area (Å²) in [7, 11) is 4.26. The van der Waals surface area contributed by atoms with Crippen molar-refractivity contribution in [1.29, 1.82) is 0 Å². The van der Waals surface area contributed by atoms with E-state index in [2.05, 4.69) is 23.8 Å². The van der Waals surface area contributed by atoms with Crippen LogP contribution in [0.2, 0.25) is 0 Å². The number of rotatable bonds is 10. The van der Waals surface area contributed by atoms with Gasteiger partial charge < -0.3 is 49.1 Å². The monoisotopic (exact) mass is 825 g/mol. The number of aromatic nitrogens is 1. The highest BCUT2D eigenvalue weighted by molar-refractivity contribution is 6.12. The number of aliphatic hydroxyl groups is 1. The van der Waals surface area contributed by atoms with E-state index < -0.39 is 48.2 Å². The largest absolute Gasteiger partial charge is 0.495 e. The molecule has 1 aromatic heterocycles. The van der Waals surface area contributed by atoms with E-state index in [0.717, 1.165) is 11.3 Å². The van der Waals surface area contributed by atoms with Gasteiger partial charge in [0.2, 0.25) is 0 Å². The molecule has 2 saturated heterocycles. The third-order valence-electron chi connectivity index (χ3n) is 11.4. The summed E-state index contributed by atoms with van der Waals surface area (Å²) in [6.07, 6.45) is 2.33. The number of fused-ring (bicyclic) bond motifs is 4. The molecular formula is C42H47N7O11. The maximum Gasteiger partial charge on any atom is 0.416 e. The van der Waals surface area contributed by atoms with Gasteiger partial charge in [0.25, 0.3) is 23.6 Å². The molecule has 4 aliphatic rings. The van der Waals surface area contributed by atoms with Gasteiger partial charge in [0.05, 0.1) is 66.2 Å². The number of nitrogens with one attached hydrogen (secondary N) is 2. The van der Waals surface area contributed by atoms with Crippen LogP contribution in [0.5, 0.6) is 11.5 Å². The maximum atomic E-state index is 13.9. The fourth-order valence-electron chi connectivity index (χ4n) is 8.54. The number of nitrogens with zero attached hydrogens (tertiary/aromatic N) is 5. The Bertz CT molecular complexity index is 2130. The zero-order valence-electron chi connectivity index (χ0n) is 33.8. The van der Waals surface area contributed by atoms with Gasteiger partial charge in [-0.3, -0.25) is 24.1 Å². The Balaban J connectivity index is 1.18. The van der Waals surface area contributed by atoms with Gasteiger partial charge in [-0.2, -0.15) is 0 Å². The first kappa shape index (κ1) is 41.3. The number of carbonyl (C=O) groups excluding carboxylic acids is 6. The van der Waals surface area contributed by atoms with Crippen molar-refractivity contribution in [3.8, 4) is 11.5 Å². The van der Waals surface area contributed by atoms with E-state index in [1.807, 2.05) is 6.92 Å². The summed E-state index contributed by atoms with van der Waals surface area (Å²) < 4.78 is 23.3. The van der Waals surface area contributed by atoms with Crippen molar-refractivity contribution in [1.82, 2.24) is 14.4 Å². The van der Waals surface area contributed by atoms with Gasteiger partial charge in [-0.05, 0) is 69.0 Å². The van der Waals surface area contributed by atoms with Crippen LogP contribution < -0.4 is 29.9 Å². The zero-order valence-corrected chi connectivity index (χ0v) is 33.8. The quantitative estimate of drug-likeness (QED) is 0.238. The first-order valence-corrected chi connectivity index (χ1v) is 19.5. The molecule has 18 nitrogen and oxygen atoms in total. The van der Waals surface area contributed by atoms with Crippen LogP contribution in [0.15, 0.2) is 61.7 Å². The number of anilines is 4. The third-order valence-corrected chi connectivity index (χ3v) is 11.4. The maximum absolute atomic E-state index is 13.9. The van der Waals surface area contributed by atoms with Crippen LogP contribution in [0.25, 0.3) is 0 Å². The van der Waals surface area contributed by atoms with Crippen LogP contribution in [0.3, 0.4) is 0 Å². The Labute approximate surface area is 345 Å². The van der Waals surface area contributed by atoms with E-state index in [-0.39, 0.29) is 81.9 Å². The highest BCUT2D eigenvalue weighted by Crippen LogP contribution is 2.42. The second kappa shape index (κ2) is 16.8. The normalized spacial score (nSPS) is 20.5. The molecule has 7 rings (SSSR count). The third kappa shape index (κ3) is 7.16. The predicted octanol–water partition coefficient (Wildman–Crippen LogP) is 4.75. The predicted molar refractivity (Wildman–Crippen MR) is 219 cm³/mol. The fraction of sp³-hybridized carbons (Fsp3) is 0.381. The van der Waals surface area contributed by atoms with Crippen LogP contribution in [-0.2, 0) is 16.5 Å². The molecule has 4 atom stereocenters. The molecule has 5 heterocycles. The first-order chi connectivity index (χ1) is 28.8. The molecule has 0 unspecified atom stereocenters. The molecule has 6 amide bonds. The topological polar surface area (TPSA) is 202 Å². The van der Waals surface area contributed by atoms with Gasteiger partial charge in [-0.1, -0.05) is 25.3 Å². The van der Waals surface area contributed by atoms with Crippen LogP contribution in [0.4, 0.5) is 32.3 Å². The van der Waals surface area contributed by atoms with Crippen molar-refractivity contribution in [3.63, 3.8) is 0 Å². The van der Waals surface area contributed by atoms with E-state index in [1.54, 1.807) is 4.90 Å². The fourth-order valence-corrected chi connectivity index (χ4v) is 8.54. The van der Waals surface area contributed by atoms with E-state index in [1.165, 1.54) is 84.2 Å². The van der Waals surface area contributed by atoms with E-state index in [4.69, 9.17) is 18.9 Å². The molecule has 0 bridgehead atoms. The summed E-state index contributed by atoms with van der Waals surface area (Å²) in [6.45, 7) is 9.75. The number of carbonyl (C=O) groups is 6. The molecule has 4 aliphatic heterocycles.